The fourth-order valence-corrected chi connectivity index (χ4v) is 8.39. The molecule has 2 aromatic carbocycles. The van der Waals surface area contributed by atoms with Crippen molar-refractivity contribution in [1.29, 1.82) is 0 Å². The molecule has 1 saturated heterocycles. The molecule has 6 nitrogen and oxygen atoms in total. The van der Waals surface area contributed by atoms with Crippen molar-refractivity contribution in [2.45, 2.75) is 28.5 Å². The van der Waals surface area contributed by atoms with Crippen molar-refractivity contribution in [2.24, 2.45) is 23.7 Å². The number of rotatable bonds is 9. The first-order valence-electron chi connectivity index (χ1n) is 12.3. The molecule has 0 unspecified atom stereocenters. The monoisotopic (exact) mass is 647 g/mol. The average Bonchev–Trinajstić information content (AvgIpc) is 3.53. The number of hydrogen-bond donors (Lipinski definition) is 0. The predicted molar refractivity (Wildman–Crippen MR) is 150 cm³/mol. The van der Waals surface area contributed by atoms with E-state index in [1.54, 1.807) is 12.1 Å². The number of Topliss-reactive ketones (excluding diaryl/α,β-unsaturated/α-hetero) is 1. The number of hydrogen-bond acceptors (Lipinski definition) is 6. The zero-order chi connectivity index (χ0) is 26.3. The van der Waals surface area contributed by atoms with Crippen LogP contribution in [0.3, 0.4) is 0 Å². The molecule has 1 aliphatic heterocycles. The molecule has 3 fully saturated rings. The molecule has 2 aromatic rings. The number of esters is 1. The first-order chi connectivity index (χ1) is 17.8. The van der Waals surface area contributed by atoms with Gasteiger partial charge >= 0.3 is 5.97 Å². The number of imide groups is 1. The molecule has 2 amide bonds. The SMILES string of the molecule is CSCC[C@H](C(=O)OCC(=O)c1ccc(-c2ccccc2)cc1)N1C(=O)[C@@H]2[C@@H]3C[C@H]([C@H](Br)[C@@H]3Br)[C@@H]2C1=O. The Hall–Kier alpha value is -1.97. The Bertz CT molecular complexity index is 1170. The highest BCUT2D eigenvalue weighted by molar-refractivity contribution is 9.12. The Kier molecular flexibility index (Phi) is 7.93. The van der Waals surface area contributed by atoms with Crippen LogP contribution in [0.2, 0.25) is 0 Å². The third-order valence-corrected chi connectivity index (χ3v) is 11.7. The molecule has 37 heavy (non-hydrogen) atoms. The lowest BCUT2D eigenvalue weighted by molar-refractivity contribution is -0.158. The Morgan fingerprint density at radius 1 is 0.946 bits per heavy atom. The number of thioether (sulfide) groups is 1. The second-order valence-corrected chi connectivity index (χ2v) is 12.9. The van der Waals surface area contributed by atoms with Gasteiger partial charge in [-0.3, -0.25) is 19.3 Å². The zero-order valence-corrected chi connectivity index (χ0v) is 24.2. The molecule has 0 spiro atoms. The highest BCUT2D eigenvalue weighted by Crippen LogP contribution is 2.60. The van der Waals surface area contributed by atoms with Crippen molar-refractivity contribution in [3.63, 3.8) is 0 Å². The van der Waals surface area contributed by atoms with Gasteiger partial charge in [-0.25, -0.2) is 4.79 Å². The van der Waals surface area contributed by atoms with Gasteiger partial charge in [0.05, 0.1) is 11.8 Å². The highest BCUT2D eigenvalue weighted by atomic mass is 79.9. The molecular formula is C28H27Br2NO5S. The van der Waals surface area contributed by atoms with Crippen LogP contribution >= 0.6 is 43.6 Å². The van der Waals surface area contributed by atoms with Crippen LogP contribution in [0.1, 0.15) is 23.2 Å². The number of halogens is 2. The predicted octanol–water partition coefficient (Wildman–Crippen LogP) is 4.98. The lowest BCUT2D eigenvalue weighted by Gasteiger charge is -2.28. The third kappa shape index (κ3) is 4.83. The van der Waals surface area contributed by atoms with E-state index >= 15 is 0 Å². The number of likely N-dealkylation sites (tertiary alicyclic amines) is 1. The molecule has 1 heterocycles. The largest absolute Gasteiger partial charge is 0.456 e. The zero-order valence-electron chi connectivity index (χ0n) is 20.2. The second kappa shape index (κ2) is 11.0. The molecule has 5 rings (SSSR count). The maximum atomic E-state index is 13.4. The lowest BCUT2D eigenvalue weighted by Crippen LogP contribution is -2.47. The summed E-state index contributed by atoms with van der Waals surface area (Å²) >= 11 is 8.91. The topological polar surface area (TPSA) is 80.8 Å². The fourth-order valence-electron chi connectivity index (χ4n) is 6.06. The van der Waals surface area contributed by atoms with E-state index in [2.05, 4.69) is 31.9 Å². The van der Waals surface area contributed by atoms with Crippen LogP contribution in [0.15, 0.2) is 54.6 Å². The third-order valence-electron chi connectivity index (χ3n) is 7.86. The molecule has 2 aliphatic carbocycles. The average molecular weight is 649 g/mol. The van der Waals surface area contributed by atoms with Gasteiger partial charge in [0, 0.05) is 15.2 Å². The minimum atomic E-state index is -1.02. The fraction of sp³-hybridized carbons (Fsp3) is 0.429. The first kappa shape index (κ1) is 26.6. The molecule has 7 atom stereocenters. The van der Waals surface area contributed by atoms with Crippen molar-refractivity contribution in [3.05, 3.63) is 60.2 Å². The Morgan fingerprint density at radius 2 is 1.51 bits per heavy atom. The highest BCUT2D eigenvalue weighted by Gasteiger charge is 2.67. The van der Waals surface area contributed by atoms with E-state index in [0.717, 1.165) is 22.4 Å². The number of fused-ring (bicyclic) bond motifs is 5. The normalized spacial score (nSPS) is 28.9. The van der Waals surface area contributed by atoms with Crippen molar-refractivity contribution in [2.75, 3.05) is 18.6 Å². The summed E-state index contributed by atoms with van der Waals surface area (Å²) in [6, 6.07) is 15.9. The molecule has 194 valence electrons. The van der Waals surface area contributed by atoms with Crippen molar-refractivity contribution in [3.8, 4) is 11.1 Å². The number of ether oxygens (including phenoxy) is 1. The number of alkyl halides is 2. The summed E-state index contributed by atoms with van der Waals surface area (Å²) in [5, 5.41) is 0. The molecule has 2 bridgehead atoms. The Morgan fingerprint density at radius 3 is 2.08 bits per heavy atom. The summed E-state index contributed by atoms with van der Waals surface area (Å²) in [5.41, 5.74) is 2.45. The second-order valence-electron chi connectivity index (χ2n) is 9.82. The van der Waals surface area contributed by atoms with Crippen LogP contribution in [0, 0.1) is 23.7 Å². The van der Waals surface area contributed by atoms with Gasteiger partial charge in [0.2, 0.25) is 11.8 Å². The molecule has 2 saturated carbocycles. The van der Waals surface area contributed by atoms with Crippen LogP contribution in [0.25, 0.3) is 11.1 Å². The number of benzene rings is 2. The minimum absolute atomic E-state index is 0.0680. The van der Waals surface area contributed by atoms with Gasteiger partial charge in [0.1, 0.15) is 6.04 Å². The summed E-state index contributed by atoms with van der Waals surface area (Å²) in [7, 11) is 0. The molecule has 0 radical (unpaired) electrons. The van der Waals surface area contributed by atoms with Crippen molar-refractivity contribution in [1.82, 2.24) is 4.90 Å². The van der Waals surface area contributed by atoms with Gasteiger partial charge in [-0.15, -0.1) is 0 Å². The summed E-state index contributed by atoms with van der Waals surface area (Å²) in [5.74, 6) is -1.69. The summed E-state index contributed by atoms with van der Waals surface area (Å²) in [6.45, 7) is -0.444. The van der Waals surface area contributed by atoms with Gasteiger partial charge in [-0.1, -0.05) is 86.5 Å². The first-order valence-corrected chi connectivity index (χ1v) is 15.5. The van der Waals surface area contributed by atoms with Gasteiger partial charge < -0.3 is 4.74 Å². The maximum Gasteiger partial charge on any atom is 0.329 e. The lowest BCUT2D eigenvalue weighted by atomic mass is 9.81. The number of ketones is 1. The van der Waals surface area contributed by atoms with Gasteiger partial charge in [0.15, 0.2) is 12.4 Å². The van der Waals surface area contributed by atoms with E-state index in [-0.39, 0.29) is 39.1 Å². The number of carbonyl (C=O) groups is 4. The Balaban J connectivity index is 1.27. The Labute approximate surface area is 237 Å². The standard InChI is InChI=1S/C28H27Br2NO5S/c1-37-12-11-20(31-26(33)22-18-13-19(23(22)27(31)34)25(30)24(18)29)28(35)36-14-21(32)17-9-7-16(8-10-17)15-5-3-2-4-6-15/h2-10,18-20,22-25H,11-14H2,1H3/t18-,19-,20+,22-,23+,24-,25+/m0/s1. The number of carbonyl (C=O) groups excluding carboxylic acids is 4. The van der Waals surface area contributed by atoms with E-state index in [1.165, 1.54) is 11.8 Å². The molecule has 9 heteroatoms. The van der Waals surface area contributed by atoms with Crippen LogP contribution in [-0.2, 0) is 19.1 Å². The molecule has 0 aromatic heterocycles. The number of nitrogens with zero attached hydrogens (tertiary/aromatic N) is 1. The van der Waals surface area contributed by atoms with Gasteiger partial charge in [-0.2, -0.15) is 11.8 Å². The molecular weight excluding hydrogens is 622 g/mol. The van der Waals surface area contributed by atoms with Gasteiger partial charge in [0.25, 0.3) is 0 Å². The maximum absolute atomic E-state index is 13.4. The minimum Gasteiger partial charge on any atom is -0.456 e. The summed E-state index contributed by atoms with van der Waals surface area (Å²) < 4.78 is 5.41. The van der Waals surface area contributed by atoms with Crippen LogP contribution in [0.5, 0.6) is 0 Å². The molecule has 3 aliphatic rings. The van der Waals surface area contributed by atoms with Gasteiger partial charge in [-0.05, 0) is 47.8 Å². The summed E-state index contributed by atoms with van der Waals surface area (Å²) in [6.07, 6.45) is 3.02. The smallest absolute Gasteiger partial charge is 0.329 e. The van der Waals surface area contributed by atoms with Crippen molar-refractivity contribution >= 4 is 67.2 Å². The summed E-state index contributed by atoms with van der Waals surface area (Å²) in [4.78, 5) is 54.2. The van der Waals surface area contributed by atoms with E-state index in [4.69, 9.17) is 4.74 Å². The van der Waals surface area contributed by atoms with Crippen molar-refractivity contribution < 1.29 is 23.9 Å². The quantitative estimate of drug-likeness (QED) is 0.165. The van der Waals surface area contributed by atoms with E-state index in [9.17, 15) is 19.2 Å². The van der Waals surface area contributed by atoms with E-state index in [1.807, 2.05) is 48.7 Å². The number of amides is 2. The van der Waals surface area contributed by atoms with E-state index in [0.29, 0.717) is 17.7 Å². The van der Waals surface area contributed by atoms with Crippen LogP contribution in [0.4, 0.5) is 0 Å². The molecule has 0 N–H and O–H groups in total. The van der Waals surface area contributed by atoms with E-state index < -0.39 is 30.5 Å². The van der Waals surface area contributed by atoms with Crippen LogP contribution in [-0.4, -0.2) is 62.8 Å². The van der Waals surface area contributed by atoms with Crippen LogP contribution < -0.4 is 0 Å².